The number of hydrogen-bond acceptors (Lipinski definition) is 3. The summed E-state index contributed by atoms with van der Waals surface area (Å²) in [7, 11) is 0. The fraction of sp³-hybridized carbons (Fsp3) is 0.154. The van der Waals surface area contributed by atoms with Crippen molar-refractivity contribution in [1.29, 1.82) is 5.26 Å². The van der Waals surface area contributed by atoms with Crippen LogP contribution in [0.15, 0.2) is 29.3 Å². The van der Waals surface area contributed by atoms with Crippen molar-refractivity contribution in [1.82, 2.24) is 0 Å². The van der Waals surface area contributed by atoms with Crippen LogP contribution in [0.25, 0.3) is 0 Å². The van der Waals surface area contributed by atoms with Crippen LogP contribution in [-0.2, 0) is 9.59 Å². The van der Waals surface area contributed by atoms with Crippen LogP contribution in [0.4, 0.5) is 10.1 Å². The van der Waals surface area contributed by atoms with E-state index in [1.807, 2.05) is 0 Å². The molecule has 19 heavy (non-hydrogen) atoms. The monoisotopic (exact) mass is 262 g/mol. The van der Waals surface area contributed by atoms with Gasteiger partial charge in [-0.25, -0.2) is 9.18 Å². The van der Waals surface area contributed by atoms with Crippen LogP contribution in [0.1, 0.15) is 19.4 Å². The van der Waals surface area contributed by atoms with Gasteiger partial charge in [0, 0.05) is 11.1 Å². The molecule has 0 aliphatic carbocycles. The van der Waals surface area contributed by atoms with E-state index in [-0.39, 0.29) is 22.4 Å². The molecule has 1 rings (SSSR count). The highest BCUT2D eigenvalue weighted by molar-refractivity contribution is 6.08. The molecule has 5 nitrogen and oxygen atoms in total. The van der Waals surface area contributed by atoms with Gasteiger partial charge in [-0.15, -0.1) is 0 Å². The first-order chi connectivity index (χ1) is 8.86. The third-order valence-electron chi connectivity index (χ3n) is 2.57. The predicted octanol–water partition coefficient (Wildman–Crippen LogP) is 2.06. The Morgan fingerprint density at radius 1 is 1.32 bits per heavy atom. The van der Waals surface area contributed by atoms with Gasteiger partial charge in [-0.1, -0.05) is 0 Å². The molecule has 0 saturated carbocycles. The largest absolute Gasteiger partial charge is 0.478 e. The van der Waals surface area contributed by atoms with Crippen LogP contribution < -0.4 is 5.32 Å². The lowest BCUT2D eigenvalue weighted by atomic mass is 10.1. The molecule has 0 bridgehead atoms. The molecule has 0 fully saturated rings. The number of carboxylic acids is 1. The van der Waals surface area contributed by atoms with E-state index in [1.165, 1.54) is 19.9 Å². The number of hydrogen-bond donors (Lipinski definition) is 2. The van der Waals surface area contributed by atoms with E-state index in [1.54, 1.807) is 6.07 Å². The molecule has 0 radical (unpaired) electrons. The van der Waals surface area contributed by atoms with Crippen molar-refractivity contribution in [3.8, 4) is 6.07 Å². The normalized spacial score (nSPS) is 11.3. The number of carboxylic acid groups (broad SMARTS) is 1. The summed E-state index contributed by atoms with van der Waals surface area (Å²) in [5.74, 6) is -2.45. The SMILES string of the molecule is C/C(C(=O)O)=C(/C)C(=O)Nc1ccc(F)cc1C#N. The topological polar surface area (TPSA) is 90.2 Å². The maximum Gasteiger partial charge on any atom is 0.331 e. The molecule has 0 heterocycles. The fourth-order valence-electron chi connectivity index (χ4n) is 1.26. The fourth-order valence-corrected chi connectivity index (χ4v) is 1.26. The maximum atomic E-state index is 12.9. The Morgan fingerprint density at radius 2 is 1.95 bits per heavy atom. The molecule has 0 aliphatic rings. The number of benzene rings is 1. The third-order valence-corrected chi connectivity index (χ3v) is 2.57. The van der Waals surface area contributed by atoms with Crippen molar-refractivity contribution in [2.24, 2.45) is 0 Å². The Morgan fingerprint density at radius 3 is 2.47 bits per heavy atom. The minimum Gasteiger partial charge on any atom is -0.478 e. The van der Waals surface area contributed by atoms with Crippen LogP contribution in [0.3, 0.4) is 0 Å². The molecule has 6 heteroatoms. The molecule has 98 valence electrons. The minimum atomic E-state index is -1.20. The zero-order valence-corrected chi connectivity index (χ0v) is 10.3. The Bertz CT molecular complexity index is 615. The quantitative estimate of drug-likeness (QED) is 0.816. The van der Waals surface area contributed by atoms with Gasteiger partial charge in [0.15, 0.2) is 0 Å². The second kappa shape index (κ2) is 5.78. The number of rotatable bonds is 3. The summed E-state index contributed by atoms with van der Waals surface area (Å²) in [6.07, 6.45) is 0. The van der Waals surface area contributed by atoms with Crippen molar-refractivity contribution in [3.05, 3.63) is 40.7 Å². The van der Waals surface area contributed by atoms with Crippen LogP contribution in [0.2, 0.25) is 0 Å². The molecule has 1 amide bonds. The molecule has 0 spiro atoms. The molecule has 0 saturated heterocycles. The molecular weight excluding hydrogens is 251 g/mol. The van der Waals surface area contributed by atoms with Crippen LogP contribution in [0, 0.1) is 17.1 Å². The van der Waals surface area contributed by atoms with Crippen molar-refractivity contribution < 1.29 is 19.1 Å². The van der Waals surface area contributed by atoms with Gasteiger partial charge in [0.25, 0.3) is 5.91 Å². The first-order valence-corrected chi connectivity index (χ1v) is 5.28. The van der Waals surface area contributed by atoms with Crippen molar-refractivity contribution in [3.63, 3.8) is 0 Å². The van der Waals surface area contributed by atoms with E-state index in [4.69, 9.17) is 10.4 Å². The smallest absolute Gasteiger partial charge is 0.331 e. The summed E-state index contributed by atoms with van der Waals surface area (Å²) in [6, 6.07) is 5.07. The average Bonchev–Trinajstić information content (AvgIpc) is 2.38. The van der Waals surface area contributed by atoms with Gasteiger partial charge in [0.05, 0.1) is 11.3 Å². The van der Waals surface area contributed by atoms with E-state index in [0.29, 0.717) is 0 Å². The number of nitriles is 1. The van der Waals surface area contributed by atoms with Gasteiger partial charge in [-0.2, -0.15) is 5.26 Å². The first kappa shape index (κ1) is 14.4. The number of amides is 1. The lowest BCUT2D eigenvalue weighted by Gasteiger charge is -2.08. The van der Waals surface area contributed by atoms with Gasteiger partial charge >= 0.3 is 5.97 Å². The zero-order valence-electron chi connectivity index (χ0n) is 10.3. The van der Waals surface area contributed by atoms with E-state index in [2.05, 4.69) is 5.32 Å². The lowest BCUT2D eigenvalue weighted by Crippen LogP contribution is -2.17. The third kappa shape index (κ3) is 3.39. The number of anilines is 1. The number of aliphatic carboxylic acids is 1. The van der Waals surface area contributed by atoms with Crippen LogP contribution in [-0.4, -0.2) is 17.0 Å². The Kier molecular flexibility index (Phi) is 4.37. The summed E-state index contributed by atoms with van der Waals surface area (Å²) in [5, 5.41) is 20.0. The highest BCUT2D eigenvalue weighted by atomic mass is 19.1. The molecule has 1 aromatic rings. The van der Waals surface area contributed by atoms with E-state index in [0.717, 1.165) is 12.1 Å². The molecule has 0 aliphatic heterocycles. The van der Waals surface area contributed by atoms with Gasteiger partial charge in [-0.3, -0.25) is 4.79 Å². The minimum absolute atomic E-state index is 0.0146. The predicted molar refractivity (Wildman–Crippen MR) is 65.8 cm³/mol. The summed E-state index contributed by atoms with van der Waals surface area (Å²) < 4.78 is 12.9. The van der Waals surface area contributed by atoms with Crippen molar-refractivity contribution in [2.75, 3.05) is 5.32 Å². The standard InChI is InChI=1S/C13H11FN2O3/c1-7(8(2)13(18)19)12(17)16-11-4-3-10(14)5-9(11)6-15/h3-5H,1-2H3,(H,16,17)(H,18,19)/b8-7+. The molecular formula is C13H11FN2O3. The van der Waals surface area contributed by atoms with E-state index >= 15 is 0 Å². The molecule has 0 atom stereocenters. The molecule has 0 unspecified atom stereocenters. The van der Waals surface area contributed by atoms with Crippen LogP contribution in [0.5, 0.6) is 0 Å². The van der Waals surface area contributed by atoms with Crippen molar-refractivity contribution in [2.45, 2.75) is 13.8 Å². The number of halogens is 1. The lowest BCUT2D eigenvalue weighted by molar-refractivity contribution is -0.133. The van der Waals surface area contributed by atoms with Gasteiger partial charge < -0.3 is 10.4 Å². The summed E-state index contributed by atoms with van der Waals surface area (Å²) >= 11 is 0. The number of carbonyl (C=O) groups is 2. The maximum absolute atomic E-state index is 12.9. The highest BCUT2D eigenvalue weighted by Crippen LogP contribution is 2.17. The second-order valence-corrected chi connectivity index (χ2v) is 3.81. The van der Waals surface area contributed by atoms with E-state index < -0.39 is 17.7 Å². The Hall–Kier alpha value is -2.68. The molecule has 2 N–H and O–H groups in total. The second-order valence-electron chi connectivity index (χ2n) is 3.81. The van der Waals surface area contributed by atoms with Gasteiger partial charge in [0.1, 0.15) is 11.9 Å². The zero-order chi connectivity index (χ0) is 14.6. The number of carbonyl (C=O) groups excluding carboxylic acids is 1. The number of nitrogens with one attached hydrogen (secondary N) is 1. The van der Waals surface area contributed by atoms with Crippen molar-refractivity contribution >= 4 is 17.6 Å². The van der Waals surface area contributed by atoms with Gasteiger partial charge in [0.2, 0.25) is 0 Å². The molecule has 0 aromatic heterocycles. The summed E-state index contributed by atoms with van der Waals surface area (Å²) in [5.41, 5.74) is 0.0133. The summed E-state index contributed by atoms with van der Waals surface area (Å²) in [4.78, 5) is 22.5. The van der Waals surface area contributed by atoms with E-state index in [9.17, 15) is 14.0 Å². The van der Waals surface area contributed by atoms with Crippen LogP contribution >= 0.6 is 0 Å². The molecule has 1 aromatic carbocycles. The first-order valence-electron chi connectivity index (χ1n) is 5.28. The highest BCUT2D eigenvalue weighted by Gasteiger charge is 2.14. The van der Waals surface area contributed by atoms with Gasteiger partial charge in [-0.05, 0) is 32.0 Å². The average molecular weight is 262 g/mol. The number of nitrogens with zero attached hydrogens (tertiary/aromatic N) is 1. The Balaban J connectivity index is 3.05. The Labute approximate surface area is 109 Å². The summed E-state index contributed by atoms with van der Waals surface area (Å²) in [6.45, 7) is 2.65.